The zero-order valence-electron chi connectivity index (χ0n) is 14.5. The molecular weight excluding hydrogens is 431 g/mol. The van der Waals surface area contributed by atoms with Gasteiger partial charge in [-0.05, 0) is 25.1 Å². The number of hydrogen-bond acceptors (Lipinski definition) is 5. The highest BCUT2D eigenvalue weighted by Crippen LogP contribution is 2.27. The van der Waals surface area contributed by atoms with Gasteiger partial charge in [0.1, 0.15) is 5.01 Å². The van der Waals surface area contributed by atoms with Gasteiger partial charge in [-0.1, -0.05) is 23.2 Å². The second kappa shape index (κ2) is 8.32. The molecule has 1 aromatic heterocycles. The van der Waals surface area contributed by atoms with Gasteiger partial charge < -0.3 is 10.2 Å². The van der Waals surface area contributed by atoms with E-state index in [9.17, 15) is 13.2 Å². The molecule has 1 fully saturated rings. The molecule has 2 aromatic rings. The van der Waals surface area contributed by atoms with Crippen molar-refractivity contribution in [1.82, 2.24) is 19.5 Å². The van der Waals surface area contributed by atoms with Crippen molar-refractivity contribution in [3.63, 3.8) is 0 Å². The van der Waals surface area contributed by atoms with E-state index in [1.807, 2.05) is 12.3 Å². The molecule has 0 spiro atoms. The molecule has 1 aromatic carbocycles. The number of rotatable bonds is 4. The maximum Gasteiger partial charge on any atom is 0.317 e. The lowest BCUT2D eigenvalue weighted by atomic mass is 10.4. The molecule has 146 valence electrons. The predicted molar refractivity (Wildman–Crippen MR) is 106 cm³/mol. The quantitative estimate of drug-likeness (QED) is 0.778. The number of sulfonamides is 1. The Kier molecular flexibility index (Phi) is 6.27. The summed E-state index contributed by atoms with van der Waals surface area (Å²) >= 11 is 13.3. The average Bonchev–Trinajstić information content (AvgIpc) is 3.07. The molecule has 0 aliphatic carbocycles. The zero-order valence-corrected chi connectivity index (χ0v) is 17.6. The Bertz CT molecular complexity index is 941. The summed E-state index contributed by atoms with van der Waals surface area (Å²) in [6.07, 6.45) is 0. The highest BCUT2D eigenvalue weighted by molar-refractivity contribution is 7.89. The summed E-state index contributed by atoms with van der Waals surface area (Å²) in [7, 11) is -3.68. The van der Waals surface area contributed by atoms with E-state index in [4.69, 9.17) is 23.2 Å². The Balaban J connectivity index is 1.57. The SMILES string of the molecule is Cc1csc(CNC(=O)N2CCN(S(=O)(=O)c3ccc(Cl)c(Cl)c3)CC2)n1. The van der Waals surface area contributed by atoms with Gasteiger partial charge >= 0.3 is 6.03 Å². The monoisotopic (exact) mass is 448 g/mol. The highest BCUT2D eigenvalue weighted by atomic mass is 35.5. The fourth-order valence-corrected chi connectivity index (χ4v) is 5.19. The highest BCUT2D eigenvalue weighted by Gasteiger charge is 2.30. The summed E-state index contributed by atoms with van der Waals surface area (Å²) in [6, 6.07) is 4.00. The predicted octanol–water partition coefficient (Wildman–Crippen LogP) is 2.97. The van der Waals surface area contributed by atoms with E-state index in [1.54, 1.807) is 4.90 Å². The lowest BCUT2D eigenvalue weighted by Gasteiger charge is -2.34. The maximum absolute atomic E-state index is 12.7. The van der Waals surface area contributed by atoms with Gasteiger partial charge in [0.05, 0.1) is 21.5 Å². The number of nitrogens with zero attached hydrogens (tertiary/aromatic N) is 3. The third kappa shape index (κ3) is 4.72. The number of halogens is 2. The van der Waals surface area contributed by atoms with Crippen LogP contribution in [-0.4, -0.2) is 54.8 Å². The first-order valence-electron chi connectivity index (χ1n) is 8.16. The number of amides is 2. The van der Waals surface area contributed by atoms with Crippen molar-refractivity contribution < 1.29 is 13.2 Å². The Morgan fingerprint density at radius 3 is 2.52 bits per heavy atom. The topological polar surface area (TPSA) is 82.6 Å². The van der Waals surface area contributed by atoms with Crippen LogP contribution >= 0.6 is 34.5 Å². The summed E-state index contributed by atoms with van der Waals surface area (Å²) < 4.78 is 26.8. The summed E-state index contributed by atoms with van der Waals surface area (Å²) in [5, 5.41) is 6.06. The lowest BCUT2D eigenvalue weighted by molar-refractivity contribution is 0.172. The van der Waals surface area contributed by atoms with Crippen LogP contribution in [0.1, 0.15) is 10.7 Å². The van der Waals surface area contributed by atoms with Crippen LogP contribution in [0, 0.1) is 6.92 Å². The fraction of sp³-hybridized carbons (Fsp3) is 0.375. The Morgan fingerprint density at radius 1 is 1.22 bits per heavy atom. The minimum atomic E-state index is -3.68. The van der Waals surface area contributed by atoms with Gasteiger partial charge in [0.2, 0.25) is 10.0 Å². The minimum Gasteiger partial charge on any atom is -0.331 e. The van der Waals surface area contributed by atoms with Crippen LogP contribution < -0.4 is 5.32 Å². The number of carbonyl (C=O) groups is 1. The van der Waals surface area contributed by atoms with Crippen molar-refractivity contribution in [2.24, 2.45) is 0 Å². The number of piperazine rings is 1. The number of carbonyl (C=O) groups excluding carboxylic acids is 1. The lowest BCUT2D eigenvalue weighted by Crippen LogP contribution is -2.52. The van der Waals surface area contributed by atoms with Gasteiger partial charge in [-0.25, -0.2) is 18.2 Å². The van der Waals surface area contributed by atoms with Crippen LogP contribution in [0.3, 0.4) is 0 Å². The molecule has 0 unspecified atom stereocenters. The molecule has 7 nitrogen and oxygen atoms in total. The molecule has 0 radical (unpaired) electrons. The van der Waals surface area contributed by atoms with Gasteiger partial charge in [0, 0.05) is 37.3 Å². The van der Waals surface area contributed by atoms with E-state index in [0.717, 1.165) is 10.7 Å². The second-order valence-electron chi connectivity index (χ2n) is 6.01. The molecule has 0 saturated carbocycles. The first-order chi connectivity index (χ1) is 12.8. The molecule has 2 heterocycles. The first kappa shape index (κ1) is 20.3. The smallest absolute Gasteiger partial charge is 0.317 e. The van der Waals surface area contributed by atoms with E-state index < -0.39 is 10.0 Å². The molecule has 2 amide bonds. The van der Waals surface area contributed by atoms with Crippen LogP contribution in [0.5, 0.6) is 0 Å². The first-order valence-corrected chi connectivity index (χ1v) is 11.2. The van der Waals surface area contributed by atoms with Gasteiger partial charge in [0.25, 0.3) is 0 Å². The molecule has 27 heavy (non-hydrogen) atoms. The third-order valence-corrected chi connectivity index (χ3v) is 7.71. The van der Waals surface area contributed by atoms with Crippen LogP contribution in [0.2, 0.25) is 10.0 Å². The normalized spacial score (nSPS) is 15.7. The number of hydrogen-bond donors (Lipinski definition) is 1. The molecule has 0 atom stereocenters. The zero-order chi connectivity index (χ0) is 19.6. The summed E-state index contributed by atoms with van der Waals surface area (Å²) in [5.41, 5.74) is 0.922. The van der Waals surface area contributed by atoms with Gasteiger partial charge in [0.15, 0.2) is 0 Å². The van der Waals surface area contributed by atoms with Crippen LogP contribution in [-0.2, 0) is 16.6 Å². The van der Waals surface area contributed by atoms with Crippen molar-refractivity contribution in [3.8, 4) is 0 Å². The van der Waals surface area contributed by atoms with E-state index in [0.29, 0.717) is 24.7 Å². The van der Waals surface area contributed by atoms with E-state index >= 15 is 0 Å². The Labute approximate surface area is 171 Å². The molecular formula is C16H18Cl2N4O3S2. The number of aromatic nitrogens is 1. The average molecular weight is 449 g/mol. The molecule has 1 N–H and O–H groups in total. The minimum absolute atomic E-state index is 0.0916. The van der Waals surface area contributed by atoms with Crippen molar-refractivity contribution in [2.45, 2.75) is 18.4 Å². The van der Waals surface area contributed by atoms with Crippen LogP contribution in [0.25, 0.3) is 0 Å². The number of urea groups is 1. The molecule has 1 saturated heterocycles. The molecule has 11 heteroatoms. The van der Waals surface area contributed by atoms with Crippen molar-refractivity contribution >= 4 is 50.6 Å². The third-order valence-electron chi connectivity index (χ3n) is 4.11. The van der Waals surface area contributed by atoms with Crippen LogP contribution in [0.4, 0.5) is 4.79 Å². The maximum atomic E-state index is 12.7. The van der Waals surface area contributed by atoms with E-state index in [2.05, 4.69) is 10.3 Å². The largest absolute Gasteiger partial charge is 0.331 e. The van der Waals surface area contributed by atoms with Gasteiger partial charge in [-0.2, -0.15) is 4.31 Å². The van der Waals surface area contributed by atoms with Gasteiger partial charge in [-0.15, -0.1) is 11.3 Å². The molecule has 1 aliphatic heterocycles. The Morgan fingerprint density at radius 2 is 1.93 bits per heavy atom. The summed E-state index contributed by atoms with van der Waals surface area (Å²) in [4.78, 5) is 18.3. The van der Waals surface area contributed by atoms with Crippen LogP contribution in [0.15, 0.2) is 28.5 Å². The standard InChI is InChI=1S/C16H18Cl2N4O3S2/c1-11-10-26-15(20-11)9-19-16(23)21-4-6-22(7-5-21)27(24,25)12-2-3-13(17)14(18)8-12/h2-3,8,10H,4-7,9H2,1H3,(H,19,23). The second-order valence-corrected chi connectivity index (χ2v) is 9.70. The van der Waals surface area contributed by atoms with Crippen molar-refractivity contribution in [2.75, 3.05) is 26.2 Å². The molecule has 3 rings (SSSR count). The summed E-state index contributed by atoms with van der Waals surface area (Å²) in [5.74, 6) is 0. The van der Waals surface area contributed by atoms with Crippen molar-refractivity contribution in [3.05, 3.63) is 44.3 Å². The molecule has 1 aliphatic rings. The number of nitrogens with one attached hydrogen (secondary N) is 1. The number of thiazole rings is 1. The number of benzene rings is 1. The number of aryl methyl sites for hydroxylation is 1. The molecule has 0 bridgehead atoms. The van der Waals surface area contributed by atoms with Gasteiger partial charge in [-0.3, -0.25) is 0 Å². The van der Waals surface area contributed by atoms with Crippen molar-refractivity contribution in [1.29, 1.82) is 0 Å². The van der Waals surface area contributed by atoms with E-state index in [1.165, 1.54) is 33.8 Å². The van der Waals surface area contributed by atoms with E-state index in [-0.39, 0.29) is 29.0 Å². The Hall–Kier alpha value is -1.39. The summed E-state index contributed by atoms with van der Waals surface area (Å²) in [6.45, 7) is 3.31. The fourth-order valence-electron chi connectivity index (χ4n) is 2.66.